The van der Waals surface area contributed by atoms with Crippen LogP contribution >= 0.6 is 22.9 Å². The summed E-state index contributed by atoms with van der Waals surface area (Å²) in [5.74, 6) is -0.170. The number of amides is 2. The summed E-state index contributed by atoms with van der Waals surface area (Å²) in [5, 5.41) is 3.76. The quantitative estimate of drug-likeness (QED) is 0.618. The van der Waals surface area contributed by atoms with E-state index in [1.807, 2.05) is 31.2 Å². The van der Waals surface area contributed by atoms with E-state index >= 15 is 0 Å². The van der Waals surface area contributed by atoms with Gasteiger partial charge in [0.05, 0.1) is 23.0 Å². The van der Waals surface area contributed by atoms with Crippen molar-refractivity contribution in [1.29, 1.82) is 0 Å². The number of hydrogen-bond donors (Lipinski definition) is 2. The van der Waals surface area contributed by atoms with Crippen molar-refractivity contribution in [2.75, 3.05) is 11.9 Å². The number of carbonyl (C=O) groups is 2. The fraction of sp³-hybridized carbons (Fsp3) is 0.150. The summed E-state index contributed by atoms with van der Waals surface area (Å²) in [7, 11) is 0. The van der Waals surface area contributed by atoms with Crippen LogP contribution in [0.4, 0.5) is 5.69 Å². The first-order valence-electron chi connectivity index (χ1n) is 8.50. The number of nitrogens with zero attached hydrogens (tertiary/aromatic N) is 1. The van der Waals surface area contributed by atoms with E-state index in [1.54, 1.807) is 6.92 Å². The summed E-state index contributed by atoms with van der Waals surface area (Å²) in [4.78, 5) is 29.0. The van der Waals surface area contributed by atoms with Crippen LogP contribution in [0.1, 0.15) is 32.6 Å². The molecule has 3 aromatic rings. The SMILES string of the molecule is CCOc1ccc(-c2nc(C)c(C(=O)Nc3cc(C(N)=O)ccc3Cl)s2)cc1. The zero-order valence-electron chi connectivity index (χ0n) is 15.3. The van der Waals surface area contributed by atoms with Crippen molar-refractivity contribution in [3.63, 3.8) is 0 Å². The Bertz CT molecular complexity index is 1030. The van der Waals surface area contributed by atoms with Crippen molar-refractivity contribution >= 4 is 40.4 Å². The minimum absolute atomic E-state index is 0.260. The molecule has 0 aliphatic rings. The van der Waals surface area contributed by atoms with Gasteiger partial charge in [0.2, 0.25) is 5.91 Å². The highest BCUT2D eigenvalue weighted by atomic mass is 35.5. The summed E-state index contributed by atoms with van der Waals surface area (Å²) >= 11 is 7.40. The lowest BCUT2D eigenvalue weighted by molar-refractivity contribution is 0.0996. The maximum atomic E-state index is 12.7. The van der Waals surface area contributed by atoms with E-state index in [9.17, 15) is 9.59 Å². The smallest absolute Gasteiger partial charge is 0.267 e. The number of aromatic nitrogens is 1. The first-order chi connectivity index (χ1) is 13.4. The number of nitrogens with two attached hydrogens (primary N) is 1. The van der Waals surface area contributed by atoms with Gasteiger partial charge in [-0.15, -0.1) is 11.3 Å². The van der Waals surface area contributed by atoms with Crippen LogP contribution in [0.25, 0.3) is 10.6 Å². The van der Waals surface area contributed by atoms with E-state index in [0.717, 1.165) is 16.3 Å². The second-order valence-corrected chi connectivity index (χ2v) is 7.31. The van der Waals surface area contributed by atoms with Crippen LogP contribution in [0, 0.1) is 6.92 Å². The highest BCUT2D eigenvalue weighted by Crippen LogP contribution is 2.31. The van der Waals surface area contributed by atoms with Crippen LogP contribution < -0.4 is 15.8 Å². The molecule has 0 unspecified atom stereocenters. The summed E-state index contributed by atoms with van der Waals surface area (Å²) in [5.41, 5.74) is 7.36. The molecule has 0 aliphatic carbocycles. The lowest BCUT2D eigenvalue weighted by Gasteiger charge is -2.07. The topological polar surface area (TPSA) is 94.3 Å². The number of benzene rings is 2. The van der Waals surface area contributed by atoms with Crippen molar-refractivity contribution in [3.8, 4) is 16.3 Å². The van der Waals surface area contributed by atoms with Crippen LogP contribution in [0.15, 0.2) is 42.5 Å². The van der Waals surface area contributed by atoms with Crippen molar-refractivity contribution < 1.29 is 14.3 Å². The van der Waals surface area contributed by atoms with Gasteiger partial charge in [-0.05, 0) is 56.3 Å². The van der Waals surface area contributed by atoms with E-state index in [4.69, 9.17) is 22.1 Å². The van der Waals surface area contributed by atoms with Gasteiger partial charge in [-0.25, -0.2) is 4.98 Å². The highest BCUT2D eigenvalue weighted by Gasteiger charge is 2.18. The number of hydrogen-bond acceptors (Lipinski definition) is 5. The zero-order chi connectivity index (χ0) is 20.3. The fourth-order valence-electron chi connectivity index (χ4n) is 2.54. The molecule has 6 nitrogen and oxygen atoms in total. The Hall–Kier alpha value is -2.90. The number of halogens is 1. The first kappa shape index (κ1) is 19.9. The average Bonchev–Trinajstić information content (AvgIpc) is 3.06. The summed E-state index contributed by atoms with van der Waals surface area (Å²) < 4.78 is 5.44. The molecule has 28 heavy (non-hydrogen) atoms. The van der Waals surface area contributed by atoms with E-state index in [0.29, 0.717) is 27.9 Å². The van der Waals surface area contributed by atoms with Crippen LogP contribution in [0.3, 0.4) is 0 Å². The largest absolute Gasteiger partial charge is 0.494 e. The van der Waals surface area contributed by atoms with E-state index in [2.05, 4.69) is 10.3 Å². The normalized spacial score (nSPS) is 10.5. The molecule has 0 bridgehead atoms. The van der Waals surface area contributed by atoms with Crippen molar-refractivity contribution in [2.24, 2.45) is 5.73 Å². The Morgan fingerprint density at radius 3 is 2.57 bits per heavy atom. The molecule has 0 saturated carbocycles. The van der Waals surface area contributed by atoms with Crippen molar-refractivity contribution in [1.82, 2.24) is 4.98 Å². The lowest BCUT2D eigenvalue weighted by atomic mass is 10.2. The molecule has 3 N–H and O–H groups in total. The maximum absolute atomic E-state index is 12.7. The summed E-state index contributed by atoms with van der Waals surface area (Å²) in [6, 6.07) is 12.0. The van der Waals surface area contributed by atoms with Gasteiger partial charge in [-0.1, -0.05) is 11.6 Å². The number of carbonyl (C=O) groups excluding carboxylic acids is 2. The summed E-state index contributed by atoms with van der Waals surface area (Å²) in [6.45, 7) is 4.29. The van der Waals surface area contributed by atoms with E-state index in [-0.39, 0.29) is 11.5 Å². The lowest BCUT2D eigenvalue weighted by Crippen LogP contribution is -2.14. The molecular weight excluding hydrogens is 398 g/mol. The van der Waals surface area contributed by atoms with Crippen LogP contribution in [-0.2, 0) is 0 Å². The Morgan fingerprint density at radius 1 is 1.21 bits per heavy atom. The standard InChI is InChI=1S/C20H18ClN3O3S/c1-3-27-14-7-4-12(5-8-14)20-23-11(2)17(28-20)19(26)24-16-10-13(18(22)25)6-9-15(16)21/h4-10H,3H2,1-2H3,(H2,22,25)(H,24,26). The zero-order valence-corrected chi connectivity index (χ0v) is 16.9. The second-order valence-electron chi connectivity index (χ2n) is 5.90. The molecular formula is C20H18ClN3O3S. The molecule has 0 fully saturated rings. The molecule has 0 atom stereocenters. The minimum atomic E-state index is -0.598. The molecule has 8 heteroatoms. The number of anilines is 1. The Labute approximate surface area is 171 Å². The predicted molar refractivity (Wildman–Crippen MR) is 111 cm³/mol. The van der Waals surface area contributed by atoms with Crippen LogP contribution in [0.2, 0.25) is 5.02 Å². The minimum Gasteiger partial charge on any atom is -0.494 e. The number of primary amides is 1. The number of aryl methyl sites for hydroxylation is 1. The molecule has 0 spiro atoms. The average molecular weight is 416 g/mol. The van der Waals surface area contributed by atoms with Gasteiger partial charge < -0.3 is 15.8 Å². The van der Waals surface area contributed by atoms with E-state index < -0.39 is 5.91 Å². The Balaban J connectivity index is 1.84. The molecule has 0 radical (unpaired) electrons. The van der Waals surface area contributed by atoms with Gasteiger partial charge in [-0.2, -0.15) is 0 Å². The van der Waals surface area contributed by atoms with Gasteiger partial charge in [-0.3, -0.25) is 9.59 Å². The van der Waals surface area contributed by atoms with Crippen LogP contribution in [0.5, 0.6) is 5.75 Å². The number of nitrogens with one attached hydrogen (secondary N) is 1. The molecule has 2 aromatic carbocycles. The van der Waals surface area contributed by atoms with Crippen LogP contribution in [-0.4, -0.2) is 23.4 Å². The first-order valence-corrected chi connectivity index (χ1v) is 9.70. The molecule has 3 rings (SSSR count). The molecule has 1 heterocycles. The van der Waals surface area contributed by atoms with Crippen molar-refractivity contribution in [3.05, 3.63) is 63.6 Å². The molecule has 144 valence electrons. The Morgan fingerprint density at radius 2 is 1.93 bits per heavy atom. The van der Waals surface area contributed by atoms with Gasteiger partial charge in [0, 0.05) is 11.1 Å². The van der Waals surface area contributed by atoms with Gasteiger partial charge in [0.1, 0.15) is 15.6 Å². The maximum Gasteiger partial charge on any atom is 0.267 e. The third kappa shape index (κ3) is 4.32. The second kappa shape index (κ2) is 8.41. The fourth-order valence-corrected chi connectivity index (χ4v) is 3.68. The highest BCUT2D eigenvalue weighted by molar-refractivity contribution is 7.17. The summed E-state index contributed by atoms with van der Waals surface area (Å²) in [6.07, 6.45) is 0. The Kier molecular flexibility index (Phi) is 5.96. The predicted octanol–water partition coefficient (Wildman–Crippen LogP) is 4.52. The van der Waals surface area contributed by atoms with Gasteiger partial charge in [0.25, 0.3) is 5.91 Å². The van der Waals surface area contributed by atoms with Gasteiger partial charge in [0.15, 0.2) is 0 Å². The monoisotopic (exact) mass is 415 g/mol. The number of thiazole rings is 1. The van der Waals surface area contributed by atoms with Gasteiger partial charge >= 0.3 is 0 Å². The molecule has 0 aliphatic heterocycles. The molecule has 1 aromatic heterocycles. The number of ether oxygens (including phenoxy) is 1. The third-order valence-electron chi connectivity index (χ3n) is 3.91. The molecule has 2 amide bonds. The van der Waals surface area contributed by atoms with E-state index in [1.165, 1.54) is 29.5 Å². The van der Waals surface area contributed by atoms with Crippen molar-refractivity contribution in [2.45, 2.75) is 13.8 Å². The third-order valence-corrected chi connectivity index (χ3v) is 5.45. The molecule has 0 saturated heterocycles. The number of rotatable bonds is 6.